The molecule has 0 aliphatic carbocycles. The lowest BCUT2D eigenvalue weighted by Crippen LogP contribution is -2.42. The van der Waals surface area contributed by atoms with E-state index in [-0.39, 0.29) is 6.09 Å². The number of ether oxygens (including phenoxy) is 1. The van der Waals surface area contributed by atoms with Crippen molar-refractivity contribution in [3.05, 3.63) is 28.8 Å². The standard InChI is InChI=1S/C15H21ClN2O2/c1-3-20-15(19)18-8-6-12(7-9-18)17-14-10-11(2)4-5-13(14)16/h4-5,10,12,17H,3,6-9H2,1-2H3. The Balaban J connectivity index is 1.88. The van der Waals surface area contributed by atoms with Gasteiger partial charge in [0.25, 0.3) is 0 Å². The van der Waals surface area contributed by atoms with Gasteiger partial charge in [-0.25, -0.2) is 4.79 Å². The number of rotatable bonds is 3. The number of carbonyl (C=O) groups excluding carboxylic acids is 1. The van der Waals surface area contributed by atoms with Crippen molar-refractivity contribution in [1.82, 2.24) is 4.90 Å². The van der Waals surface area contributed by atoms with Crippen molar-refractivity contribution < 1.29 is 9.53 Å². The normalized spacial score (nSPS) is 16.1. The molecule has 1 aliphatic rings. The number of hydrogen-bond donors (Lipinski definition) is 1. The maximum Gasteiger partial charge on any atom is 0.409 e. The Labute approximate surface area is 125 Å². The average Bonchev–Trinajstić information content (AvgIpc) is 2.44. The third-order valence-corrected chi connectivity index (χ3v) is 3.83. The predicted molar refractivity (Wildman–Crippen MR) is 81.4 cm³/mol. The molecule has 5 heteroatoms. The quantitative estimate of drug-likeness (QED) is 0.925. The minimum absolute atomic E-state index is 0.209. The number of carbonyl (C=O) groups is 1. The molecule has 0 saturated carbocycles. The van der Waals surface area contributed by atoms with Gasteiger partial charge in [0, 0.05) is 19.1 Å². The van der Waals surface area contributed by atoms with Crippen LogP contribution >= 0.6 is 11.6 Å². The van der Waals surface area contributed by atoms with Crippen molar-refractivity contribution in [3.8, 4) is 0 Å². The van der Waals surface area contributed by atoms with Crippen LogP contribution in [0.25, 0.3) is 0 Å². The summed E-state index contributed by atoms with van der Waals surface area (Å²) in [6.45, 7) is 5.74. The second-order valence-corrected chi connectivity index (χ2v) is 5.50. The first-order chi connectivity index (χ1) is 9.60. The Kier molecular flexibility index (Phi) is 5.12. The third kappa shape index (κ3) is 3.79. The zero-order valence-electron chi connectivity index (χ0n) is 12.0. The zero-order chi connectivity index (χ0) is 14.5. The van der Waals surface area contributed by atoms with Crippen LogP contribution in [0.3, 0.4) is 0 Å². The van der Waals surface area contributed by atoms with Gasteiger partial charge in [0.15, 0.2) is 0 Å². The van der Waals surface area contributed by atoms with Gasteiger partial charge in [0.05, 0.1) is 17.3 Å². The molecule has 110 valence electrons. The molecule has 1 fully saturated rings. The monoisotopic (exact) mass is 296 g/mol. The predicted octanol–water partition coefficient (Wildman–Crippen LogP) is 3.68. The molecule has 1 amide bonds. The fourth-order valence-corrected chi connectivity index (χ4v) is 2.56. The molecule has 4 nitrogen and oxygen atoms in total. The highest BCUT2D eigenvalue weighted by Gasteiger charge is 2.23. The minimum Gasteiger partial charge on any atom is -0.450 e. The highest BCUT2D eigenvalue weighted by molar-refractivity contribution is 6.33. The van der Waals surface area contributed by atoms with E-state index in [1.165, 1.54) is 5.56 Å². The first-order valence-corrected chi connectivity index (χ1v) is 7.42. The summed E-state index contributed by atoms with van der Waals surface area (Å²) in [5.41, 5.74) is 2.15. The molecule has 1 aliphatic heterocycles. The van der Waals surface area contributed by atoms with Gasteiger partial charge in [0.1, 0.15) is 0 Å². The van der Waals surface area contributed by atoms with E-state index in [1.807, 2.05) is 26.0 Å². The summed E-state index contributed by atoms with van der Waals surface area (Å²) in [6.07, 6.45) is 1.60. The number of halogens is 1. The lowest BCUT2D eigenvalue weighted by Gasteiger charge is -2.32. The summed E-state index contributed by atoms with van der Waals surface area (Å²) in [6, 6.07) is 6.31. The van der Waals surface area contributed by atoms with E-state index in [2.05, 4.69) is 11.4 Å². The van der Waals surface area contributed by atoms with Crippen molar-refractivity contribution in [2.45, 2.75) is 32.7 Å². The molecule has 20 heavy (non-hydrogen) atoms. The lowest BCUT2D eigenvalue weighted by molar-refractivity contribution is 0.0983. The largest absolute Gasteiger partial charge is 0.450 e. The Morgan fingerprint density at radius 2 is 2.15 bits per heavy atom. The van der Waals surface area contributed by atoms with Gasteiger partial charge in [-0.2, -0.15) is 0 Å². The van der Waals surface area contributed by atoms with Crippen molar-refractivity contribution in [2.24, 2.45) is 0 Å². The molecule has 0 unspecified atom stereocenters. The van der Waals surface area contributed by atoms with Gasteiger partial charge in [-0.1, -0.05) is 17.7 Å². The van der Waals surface area contributed by atoms with E-state index in [4.69, 9.17) is 16.3 Å². The fraction of sp³-hybridized carbons (Fsp3) is 0.533. The summed E-state index contributed by atoms with van der Waals surface area (Å²) in [5.74, 6) is 0. The number of likely N-dealkylation sites (tertiary alicyclic amines) is 1. The van der Waals surface area contributed by atoms with E-state index in [0.717, 1.165) is 36.6 Å². The zero-order valence-corrected chi connectivity index (χ0v) is 12.7. The topological polar surface area (TPSA) is 41.6 Å². The molecular formula is C15H21ClN2O2. The van der Waals surface area contributed by atoms with Crippen LogP contribution in [0.4, 0.5) is 10.5 Å². The Morgan fingerprint density at radius 3 is 2.80 bits per heavy atom. The molecule has 1 saturated heterocycles. The molecule has 1 aromatic carbocycles. The van der Waals surface area contributed by atoms with Crippen LogP contribution in [-0.4, -0.2) is 36.7 Å². The number of anilines is 1. The average molecular weight is 297 g/mol. The maximum absolute atomic E-state index is 11.6. The summed E-state index contributed by atoms with van der Waals surface area (Å²) in [4.78, 5) is 13.4. The second kappa shape index (κ2) is 6.84. The van der Waals surface area contributed by atoms with Crippen molar-refractivity contribution in [1.29, 1.82) is 0 Å². The maximum atomic E-state index is 11.6. The molecular weight excluding hydrogens is 276 g/mol. The van der Waals surface area contributed by atoms with E-state index in [0.29, 0.717) is 12.6 Å². The summed E-state index contributed by atoms with van der Waals surface area (Å²) >= 11 is 6.19. The lowest BCUT2D eigenvalue weighted by atomic mass is 10.0. The number of aryl methyl sites for hydroxylation is 1. The number of amides is 1. The Bertz CT molecular complexity index is 471. The Morgan fingerprint density at radius 1 is 1.45 bits per heavy atom. The van der Waals surface area contributed by atoms with Crippen LogP contribution in [-0.2, 0) is 4.74 Å². The van der Waals surface area contributed by atoms with Crippen LogP contribution in [0.5, 0.6) is 0 Å². The fourth-order valence-electron chi connectivity index (χ4n) is 2.39. The highest BCUT2D eigenvalue weighted by Crippen LogP contribution is 2.25. The van der Waals surface area contributed by atoms with Gasteiger partial charge < -0.3 is 15.0 Å². The highest BCUT2D eigenvalue weighted by atomic mass is 35.5. The van der Waals surface area contributed by atoms with Crippen LogP contribution in [0.2, 0.25) is 5.02 Å². The third-order valence-electron chi connectivity index (χ3n) is 3.50. The summed E-state index contributed by atoms with van der Waals surface area (Å²) < 4.78 is 5.02. The van der Waals surface area contributed by atoms with E-state index < -0.39 is 0 Å². The molecule has 0 atom stereocenters. The van der Waals surface area contributed by atoms with Crippen LogP contribution in [0.15, 0.2) is 18.2 Å². The number of hydrogen-bond acceptors (Lipinski definition) is 3. The molecule has 1 N–H and O–H groups in total. The van der Waals surface area contributed by atoms with Gasteiger partial charge >= 0.3 is 6.09 Å². The smallest absolute Gasteiger partial charge is 0.409 e. The summed E-state index contributed by atoms with van der Waals surface area (Å²) in [7, 11) is 0. The molecule has 1 heterocycles. The van der Waals surface area contributed by atoms with Crippen molar-refractivity contribution in [3.63, 3.8) is 0 Å². The molecule has 2 rings (SSSR count). The van der Waals surface area contributed by atoms with Crippen LogP contribution < -0.4 is 5.32 Å². The number of piperidine rings is 1. The van der Waals surface area contributed by atoms with E-state index in [9.17, 15) is 4.79 Å². The Hall–Kier alpha value is -1.42. The van der Waals surface area contributed by atoms with Gasteiger partial charge in [-0.05, 0) is 44.4 Å². The number of benzene rings is 1. The number of nitrogens with zero attached hydrogens (tertiary/aromatic N) is 1. The number of nitrogens with one attached hydrogen (secondary N) is 1. The van der Waals surface area contributed by atoms with Crippen LogP contribution in [0.1, 0.15) is 25.3 Å². The van der Waals surface area contributed by atoms with Gasteiger partial charge in [0.2, 0.25) is 0 Å². The summed E-state index contributed by atoms with van der Waals surface area (Å²) in [5, 5.41) is 4.21. The van der Waals surface area contributed by atoms with Crippen molar-refractivity contribution >= 4 is 23.4 Å². The van der Waals surface area contributed by atoms with Gasteiger partial charge in [-0.3, -0.25) is 0 Å². The second-order valence-electron chi connectivity index (χ2n) is 5.09. The SMILES string of the molecule is CCOC(=O)N1CCC(Nc2cc(C)ccc2Cl)CC1. The first kappa shape index (κ1) is 15.0. The minimum atomic E-state index is -0.209. The van der Waals surface area contributed by atoms with Gasteiger partial charge in [-0.15, -0.1) is 0 Å². The molecule has 0 spiro atoms. The molecule has 0 radical (unpaired) electrons. The first-order valence-electron chi connectivity index (χ1n) is 7.04. The molecule has 0 aromatic heterocycles. The molecule has 0 bridgehead atoms. The van der Waals surface area contributed by atoms with E-state index in [1.54, 1.807) is 4.90 Å². The van der Waals surface area contributed by atoms with Crippen LogP contribution in [0, 0.1) is 6.92 Å². The van der Waals surface area contributed by atoms with Crippen molar-refractivity contribution in [2.75, 3.05) is 25.0 Å². The van der Waals surface area contributed by atoms with E-state index >= 15 is 0 Å². The molecule has 1 aromatic rings.